The van der Waals surface area contributed by atoms with Crippen molar-refractivity contribution in [3.63, 3.8) is 0 Å². The fraction of sp³-hybridized carbons (Fsp3) is 0.455. The van der Waals surface area contributed by atoms with Crippen LogP contribution >= 0.6 is 0 Å². The summed E-state index contributed by atoms with van der Waals surface area (Å²) < 4.78 is 5.19. The van der Waals surface area contributed by atoms with Crippen molar-refractivity contribution in [1.82, 2.24) is 4.90 Å². The van der Waals surface area contributed by atoms with Crippen LogP contribution in [0.15, 0.2) is 30.4 Å². The maximum absolute atomic E-state index is 12.4. The van der Waals surface area contributed by atoms with Crippen molar-refractivity contribution in [1.29, 1.82) is 0 Å². The van der Waals surface area contributed by atoms with Crippen molar-refractivity contribution in [2.75, 3.05) is 11.9 Å². The molecule has 29 heavy (non-hydrogen) atoms. The van der Waals surface area contributed by atoms with Gasteiger partial charge in [0.1, 0.15) is 0 Å². The van der Waals surface area contributed by atoms with Gasteiger partial charge in [-0.2, -0.15) is 0 Å². The maximum Gasteiger partial charge on any atom is 0.308 e. The lowest BCUT2D eigenvalue weighted by Gasteiger charge is -2.17. The molecule has 3 amide bonds. The summed E-state index contributed by atoms with van der Waals surface area (Å²) in [6.45, 7) is 5.27. The second kappa shape index (κ2) is 8.59. The first-order valence-electron chi connectivity index (χ1n) is 9.85. The van der Waals surface area contributed by atoms with Gasteiger partial charge in [-0.15, -0.1) is 0 Å². The van der Waals surface area contributed by atoms with Gasteiger partial charge in [-0.1, -0.05) is 24.3 Å². The lowest BCUT2D eigenvalue weighted by Crippen LogP contribution is -2.35. The fourth-order valence-corrected chi connectivity index (χ4v) is 3.71. The van der Waals surface area contributed by atoms with Crippen LogP contribution in [-0.4, -0.2) is 41.2 Å². The minimum atomic E-state index is -0.987. The number of hydrogen-bond acceptors (Lipinski definition) is 5. The zero-order chi connectivity index (χ0) is 21.1. The van der Waals surface area contributed by atoms with Gasteiger partial charge in [-0.05, 0) is 50.8 Å². The Morgan fingerprint density at radius 2 is 1.76 bits per heavy atom. The third kappa shape index (κ3) is 4.55. The van der Waals surface area contributed by atoms with Crippen LogP contribution in [0, 0.1) is 25.7 Å². The van der Waals surface area contributed by atoms with E-state index >= 15 is 0 Å². The highest BCUT2D eigenvalue weighted by Crippen LogP contribution is 2.35. The summed E-state index contributed by atoms with van der Waals surface area (Å²) in [5.41, 5.74) is 2.58. The molecule has 0 unspecified atom stereocenters. The molecule has 1 fully saturated rings. The summed E-state index contributed by atoms with van der Waals surface area (Å²) in [5, 5.41) is 2.76. The molecule has 7 heteroatoms. The molecular formula is C22H26N2O5. The molecule has 2 aliphatic rings. The molecule has 1 N–H and O–H groups in total. The Kier molecular flexibility index (Phi) is 6.15. The lowest BCUT2D eigenvalue weighted by atomic mass is 9.85. The van der Waals surface area contributed by atoms with Gasteiger partial charge in [0.2, 0.25) is 11.8 Å². The van der Waals surface area contributed by atoms with Gasteiger partial charge in [0.15, 0.2) is 6.10 Å². The summed E-state index contributed by atoms with van der Waals surface area (Å²) in [4.78, 5) is 50.5. The number of allylic oxidation sites excluding steroid dienone is 2. The van der Waals surface area contributed by atoms with Crippen molar-refractivity contribution in [3.8, 4) is 0 Å². The van der Waals surface area contributed by atoms with Gasteiger partial charge in [-0.3, -0.25) is 24.1 Å². The zero-order valence-corrected chi connectivity index (χ0v) is 16.9. The summed E-state index contributed by atoms with van der Waals surface area (Å²) in [5.74, 6) is -2.13. The van der Waals surface area contributed by atoms with E-state index in [2.05, 4.69) is 5.32 Å². The Morgan fingerprint density at radius 3 is 2.38 bits per heavy atom. The summed E-state index contributed by atoms with van der Waals surface area (Å²) in [6.07, 6.45) is 3.84. The molecular weight excluding hydrogens is 372 g/mol. The highest BCUT2D eigenvalue weighted by atomic mass is 16.5. The highest BCUT2D eigenvalue weighted by molar-refractivity contribution is 6.05. The van der Waals surface area contributed by atoms with E-state index in [9.17, 15) is 19.2 Å². The molecule has 0 spiro atoms. The molecule has 7 nitrogen and oxygen atoms in total. The number of nitrogens with one attached hydrogen (secondary N) is 1. The number of imide groups is 1. The van der Waals surface area contributed by atoms with Crippen molar-refractivity contribution < 1.29 is 23.9 Å². The molecule has 1 heterocycles. The van der Waals surface area contributed by atoms with Gasteiger partial charge in [0.25, 0.3) is 5.91 Å². The minimum absolute atomic E-state index is 0.0190. The van der Waals surface area contributed by atoms with Gasteiger partial charge in [0.05, 0.1) is 18.3 Å². The molecule has 0 aromatic heterocycles. The number of anilines is 1. The smallest absolute Gasteiger partial charge is 0.308 e. The molecule has 1 aromatic rings. The third-order valence-corrected chi connectivity index (χ3v) is 5.47. The number of hydrogen-bond donors (Lipinski definition) is 1. The Hall–Kier alpha value is -2.96. The fourth-order valence-electron chi connectivity index (χ4n) is 3.71. The molecule has 0 bridgehead atoms. The minimum Gasteiger partial charge on any atom is -0.452 e. The number of nitrogens with zero attached hydrogens (tertiary/aromatic N) is 1. The molecule has 0 saturated carbocycles. The van der Waals surface area contributed by atoms with Crippen LogP contribution in [0.3, 0.4) is 0 Å². The average molecular weight is 398 g/mol. The topological polar surface area (TPSA) is 92.8 Å². The maximum atomic E-state index is 12.4. The second-order valence-electron chi connectivity index (χ2n) is 7.67. The number of aryl methyl sites for hydroxylation is 2. The van der Waals surface area contributed by atoms with Crippen molar-refractivity contribution in [2.24, 2.45) is 11.8 Å². The van der Waals surface area contributed by atoms with Gasteiger partial charge < -0.3 is 10.1 Å². The number of amides is 3. The number of carbonyl (C=O) groups excluding carboxylic acids is 4. The van der Waals surface area contributed by atoms with Crippen LogP contribution in [0.1, 0.15) is 37.3 Å². The Balaban J connectivity index is 1.50. The summed E-state index contributed by atoms with van der Waals surface area (Å²) >= 11 is 0. The second-order valence-corrected chi connectivity index (χ2v) is 7.67. The predicted molar refractivity (Wildman–Crippen MR) is 107 cm³/mol. The first-order valence-corrected chi connectivity index (χ1v) is 9.85. The summed E-state index contributed by atoms with van der Waals surface area (Å²) in [7, 11) is 0. The largest absolute Gasteiger partial charge is 0.452 e. The van der Waals surface area contributed by atoms with E-state index in [1.807, 2.05) is 44.2 Å². The number of fused-ring (bicyclic) bond motifs is 1. The Morgan fingerprint density at radius 1 is 1.14 bits per heavy atom. The van der Waals surface area contributed by atoms with Gasteiger partial charge in [0, 0.05) is 12.2 Å². The average Bonchev–Trinajstić information content (AvgIpc) is 2.93. The zero-order valence-electron chi connectivity index (χ0n) is 16.9. The van der Waals surface area contributed by atoms with E-state index in [0.29, 0.717) is 18.5 Å². The van der Waals surface area contributed by atoms with Crippen LogP contribution in [0.5, 0.6) is 0 Å². The van der Waals surface area contributed by atoms with Crippen LogP contribution in [0.4, 0.5) is 5.69 Å². The molecule has 1 aliphatic heterocycles. The van der Waals surface area contributed by atoms with Crippen LogP contribution in [-0.2, 0) is 23.9 Å². The van der Waals surface area contributed by atoms with Gasteiger partial charge in [-0.25, -0.2) is 0 Å². The number of carbonyl (C=O) groups is 4. The monoisotopic (exact) mass is 398 g/mol. The molecule has 1 saturated heterocycles. The summed E-state index contributed by atoms with van der Waals surface area (Å²) in [6, 6.07) is 5.70. The molecule has 1 aromatic carbocycles. The first-order chi connectivity index (χ1) is 13.8. The quantitative estimate of drug-likeness (QED) is 0.452. The van der Waals surface area contributed by atoms with E-state index in [4.69, 9.17) is 4.74 Å². The number of esters is 1. The number of benzene rings is 1. The predicted octanol–water partition coefficient (Wildman–Crippen LogP) is 2.51. The molecule has 3 rings (SSSR count). The third-order valence-electron chi connectivity index (χ3n) is 5.47. The molecule has 0 radical (unpaired) electrons. The van der Waals surface area contributed by atoms with E-state index in [1.165, 1.54) is 6.92 Å². The van der Waals surface area contributed by atoms with Crippen LogP contribution < -0.4 is 5.32 Å². The lowest BCUT2D eigenvalue weighted by molar-refractivity contribution is -0.154. The van der Waals surface area contributed by atoms with Gasteiger partial charge >= 0.3 is 5.97 Å². The van der Waals surface area contributed by atoms with E-state index in [1.54, 1.807) is 0 Å². The number of likely N-dealkylation sites (tertiary alicyclic amines) is 1. The van der Waals surface area contributed by atoms with Crippen molar-refractivity contribution >= 4 is 29.4 Å². The van der Waals surface area contributed by atoms with Crippen LogP contribution in [0.25, 0.3) is 0 Å². The van der Waals surface area contributed by atoms with E-state index < -0.39 is 18.0 Å². The van der Waals surface area contributed by atoms with E-state index in [-0.39, 0.29) is 36.6 Å². The highest BCUT2D eigenvalue weighted by Gasteiger charge is 2.47. The molecule has 154 valence electrons. The van der Waals surface area contributed by atoms with Crippen LogP contribution in [0.2, 0.25) is 0 Å². The SMILES string of the molecule is Cc1ccc(C)c(NC(=O)[C@@H](C)OC(=O)CCN2C(=O)[C@H]3CC=CC[C@H]3C2=O)c1. The first kappa shape index (κ1) is 20.8. The Bertz CT molecular complexity index is 850. The molecule has 1 aliphatic carbocycles. The van der Waals surface area contributed by atoms with E-state index in [0.717, 1.165) is 16.0 Å². The number of rotatable bonds is 6. The van der Waals surface area contributed by atoms with Crippen molar-refractivity contribution in [3.05, 3.63) is 41.5 Å². The Labute approximate surface area is 170 Å². The normalized spacial score (nSPS) is 21.7. The standard InChI is InChI=1S/C22H26N2O5/c1-13-8-9-14(2)18(12-13)23-20(26)15(3)29-19(25)10-11-24-21(27)16-6-4-5-7-17(16)22(24)28/h4-5,8-9,12,15-17H,6-7,10-11H2,1-3H3,(H,23,26)/t15-,16-,17+/m1/s1. The van der Waals surface area contributed by atoms with Crippen molar-refractivity contribution in [2.45, 2.75) is 46.1 Å². The number of ether oxygens (including phenoxy) is 1. The molecule has 3 atom stereocenters.